The number of carbonyl (C=O) groups is 1. The highest BCUT2D eigenvalue weighted by Gasteiger charge is 2.41. The first-order valence-electron chi connectivity index (χ1n) is 11.7. The molecule has 180 valence electrons. The van der Waals surface area contributed by atoms with E-state index >= 15 is 0 Å². The summed E-state index contributed by atoms with van der Waals surface area (Å²) in [7, 11) is 3.61. The number of thiocarbonyl (C=S) groups is 1. The van der Waals surface area contributed by atoms with Gasteiger partial charge in [-0.3, -0.25) is 19.2 Å². The van der Waals surface area contributed by atoms with Crippen LogP contribution in [0.2, 0.25) is 0 Å². The molecular weight excluding hydrogens is 468 g/mol. The number of carbonyl (C=O) groups excluding carboxylic acids is 1. The monoisotopic (exact) mass is 494 g/mol. The van der Waals surface area contributed by atoms with Crippen LogP contribution in [0.4, 0.5) is 0 Å². The molecule has 0 unspecified atom stereocenters. The minimum atomic E-state index is -0.390. The lowest BCUT2D eigenvalue weighted by molar-refractivity contribution is -0.123. The molecule has 1 saturated heterocycles. The van der Waals surface area contributed by atoms with Crippen molar-refractivity contribution in [1.29, 1.82) is 0 Å². The van der Waals surface area contributed by atoms with Crippen LogP contribution in [0.25, 0.3) is 11.8 Å². The molecule has 4 aromatic rings. The minimum Gasteiger partial charge on any atom is -0.317 e. The maximum Gasteiger partial charge on any atom is 0.279 e. The summed E-state index contributed by atoms with van der Waals surface area (Å²) in [6.07, 6.45) is 1.67. The molecule has 0 N–H and O–H groups in total. The van der Waals surface area contributed by atoms with Gasteiger partial charge in [-0.05, 0) is 48.5 Å². The molecule has 6 nitrogen and oxygen atoms in total. The lowest BCUT2D eigenvalue weighted by Crippen LogP contribution is -2.35. The quantitative estimate of drug-likeness (QED) is 0.299. The number of rotatable bonds is 5. The van der Waals surface area contributed by atoms with Crippen molar-refractivity contribution < 1.29 is 4.79 Å². The third-order valence-electron chi connectivity index (χ3n) is 6.66. The Morgan fingerprint density at radius 1 is 0.778 bits per heavy atom. The van der Waals surface area contributed by atoms with Crippen molar-refractivity contribution in [3.05, 3.63) is 129 Å². The first-order chi connectivity index (χ1) is 17.4. The summed E-state index contributed by atoms with van der Waals surface area (Å²) in [5.74, 6) is -0.242. The molecule has 2 heterocycles. The Kier molecular flexibility index (Phi) is 6.16. The molecule has 36 heavy (non-hydrogen) atoms. The predicted molar refractivity (Wildman–Crippen MR) is 146 cm³/mol. The van der Waals surface area contributed by atoms with Crippen LogP contribution in [-0.2, 0) is 11.8 Å². The molecule has 1 fully saturated rings. The highest BCUT2D eigenvalue weighted by molar-refractivity contribution is 7.80. The number of aromatic nitrogens is 2. The second kappa shape index (κ2) is 9.43. The molecule has 0 bridgehead atoms. The highest BCUT2D eigenvalue weighted by atomic mass is 32.1. The Hall–Kier alpha value is -4.23. The van der Waals surface area contributed by atoms with E-state index in [1.54, 1.807) is 32.3 Å². The zero-order valence-electron chi connectivity index (χ0n) is 20.3. The number of amides is 1. The smallest absolute Gasteiger partial charge is 0.279 e. The highest BCUT2D eigenvalue weighted by Crippen LogP contribution is 2.35. The van der Waals surface area contributed by atoms with Crippen LogP contribution in [0, 0.1) is 6.92 Å². The first-order valence-corrected chi connectivity index (χ1v) is 12.1. The Morgan fingerprint density at radius 3 is 1.81 bits per heavy atom. The molecule has 3 aromatic carbocycles. The van der Waals surface area contributed by atoms with Gasteiger partial charge in [-0.25, -0.2) is 4.68 Å². The Labute approximate surface area is 215 Å². The molecule has 0 radical (unpaired) electrons. The molecule has 1 amide bonds. The Bertz CT molecular complexity index is 1480. The summed E-state index contributed by atoms with van der Waals surface area (Å²) in [4.78, 5) is 30.7. The zero-order chi connectivity index (χ0) is 25.4. The molecule has 1 aliphatic heterocycles. The summed E-state index contributed by atoms with van der Waals surface area (Å²) >= 11 is 5.78. The molecule has 0 atom stereocenters. The van der Waals surface area contributed by atoms with Gasteiger partial charge in [0.25, 0.3) is 11.5 Å². The van der Waals surface area contributed by atoms with Crippen LogP contribution >= 0.6 is 12.2 Å². The molecule has 5 rings (SSSR count). The number of likely N-dealkylation sites (N-methyl/N-ethyl adjacent to an activating group) is 1. The van der Waals surface area contributed by atoms with Crippen molar-refractivity contribution >= 4 is 29.3 Å². The maximum atomic E-state index is 13.9. The van der Waals surface area contributed by atoms with Gasteiger partial charge in [0.2, 0.25) is 0 Å². The number of benzene rings is 3. The van der Waals surface area contributed by atoms with E-state index in [2.05, 4.69) is 0 Å². The molecule has 0 saturated carbocycles. The van der Waals surface area contributed by atoms with E-state index in [0.717, 1.165) is 22.5 Å². The predicted octanol–water partition coefficient (Wildman–Crippen LogP) is 4.67. The Balaban J connectivity index is 1.62. The zero-order valence-corrected chi connectivity index (χ0v) is 21.1. The van der Waals surface area contributed by atoms with Crippen LogP contribution in [0.3, 0.4) is 0 Å². The second-order valence-electron chi connectivity index (χ2n) is 8.75. The van der Waals surface area contributed by atoms with E-state index in [1.807, 2.05) is 105 Å². The minimum absolute atomic E-state index is 0.193. The summed E-state index contributed by atoms with van der Waals surface area (Å²) < 4.78 is 3.41. The fourth-order valence-corrected chi connectivity index (χ4v) is 4.94. The van der Waals surface area contributed by atoms with Crippen molar-refractivity contribution in [1.82, 2.24) is 19.2 Å². The SMILES string of the molecule is Cc1c(C=C2C(=O)N(C(c3ccccc3)c3ccccc3)C(=S)N2C)c(=O)n(-c2ccccc2)n1C. The topological polar surface area (TPSA) is 50.5 Å². The number of para-hydroxylation sites is 1. The lowest BCUT2D eigenvalue weighted by atomic mass is 9.97. The van der Waals surface area contributed by atoms with Gasteiger partial charge < -0.3 is 4.90 Å². The van der Waals surface area contributed by atoms with Crippen LogP contribution in [0.5, 0.6) is 0 Å². The van der Waals surface area contributed by atoms with Gasteiger partial charge in [-0.1, -0.05) is 78.9 Å². The summed E-state index contributed by atoms with van der Waals surface area (Å²) in [5, 5.41) is 0.390. The Morgan fingerprint density at radius 2 is 1.28 bits per heavy atom. The molecular formula is C29H26N4O2S. The lowest BCUT2D eigenvalue weighted by Gasteiger charge is -2.28. The standard InChI is InChI=1S/C29H26N4O2S/c1-20-24(27(34)33(31(20)3)23-17-11-6-12-18-23)19-25-28(35)32(29(36)30(25)2)26(21-13-7-4-8-14-21)22-15-9-5-10-16-22/h4-19,26H,1-3H3. The van der Waals surface area contributed by atoms with E-state index < -0.39 is 6.04 Å². The van der Waals surface area contributed by atoms with Crippen molar-refractivity contribution in [2.24, 2.45) is 7.05 Å². The number of hydrogen-bond acceptors (Lipinski definition) is 3. The summed E-state index contributed by atoms with van der Waals surface area (Å²) in [6, 6.07) is 28.7. The van der Waals surface area contributed by atoms with Gasteiger partial charge in [-0.2, -0.15) is 0 Å². The van der Waals surface area contributed by atoms with Crippen LogP contribution in [0.1, 0.15) is 28.4 Å². The van der Waals surface area contributed by atoms with Crippen LogP contribution in [0.15, 0.2) is 101 Å². The molecule has 1 aromatic heterocycles. The number of hydrogen-bond donors (Lipinski definition) is 0. The normalized spacial score (nSPS) is 14.9. The van der Waals surface area contributed by atoms with Crippen LogP contribution in [-0.4, -0.2) is 37.2 Å². The average Bonchev–Trinajstić information content (AvgIpc) is 3.25. The fraction of sp³-hybridized carbons (Fsp3) is 0.138. The second-order valence-corrected chi connectivity index (χ2v) is 9.11. The average molecular weight is 495 g/mol. The fourth-order valence-electron chi connectivity index (χ4n) is 4.66. The first kappa shape index (κ1) is 23.5. The van der Waals surface area contributed by atoms with Gasteiger partial charge in [0.15, 0.2) is 5.11 Å². The summed E-state index contributed by atoms with van der Waals surface area (Å²) in [6.45, 7) is 1.87. The van der Waals surface area contributed by atoms with Crippen molar-refractivity contribution in [2.45, 2.75) is 13.0 Å². The van der Waals surface area contributed by atoms with E-state index in [9.17, 15) is 9.59 Å². The number of nitrogens with zero attached hydrogens (tertiary/aromatic N) is 4. The van der Waals surface area contributed by atoms with E-state index in [-0.39, 0.29) is 11.5 Å². The van der Waals surface area contributed by atoms with Crippen molar-refractivity contribution in [3.63, 3.8) is 0 Å². The molecule has 7 heteroatoms. The third-order valence-corrected chi connectivity index (χ3v) is 7.13. The molecule has 0 spiro atoms. The van der Waals surface area contributed by atoms with Crippen LogP contribution < -0.4 is 5.56 Å². The van der Waals surface area contributed by atoms with Gasteiger partial charge in [-0.15, -0.1) is 0 Å². The maximum absolute atomic E-state index is 13.9. The molecule has 1 aliphatic rings. The van der Waals surface area contributed by atoms with E-state index in [0.29, 0.717) is 16.4 Å². The van der Waals surface area contributed by atoms with Crippen molar-refractivity contribution in [2.75, 3.05) is 7.05 Å². The van der Waals surface area contributed by atoms with Crippen molar-refractivity contribution in [3.8, 4) is 5.69 Å². The summed E-state index contributed by atoms with van der Waals surface area (Å²) in [5.41, 5.74) is 4.05. The van der Waals surface area contributed by atoms with E-state index in [1.165, 1.54) is 0 Å². The van der Waals surface area contributed by atoms with E-state index in [4.69, 9.17) is 12.2 Å². The molecule has 0 aliphatic carbocycles. The largest absolute Gasteiger partial charge is 0.317 e. The van der Waals surface area contributed by atoms with Gasteiger partial charge in [0.05, 0.1) is 17.3 Å². The van der Waals surface area contributed by atoms with Gasteiger partial charge >= 0.3 is 0 Å². The van der Waals surface area contributed by atoms with Gasteiger partial charge in [0.1, 0.15) is 5.70 Å². The third kappa shape index (κ3) is 3.87. The van der Waals surface area contributed by atoms with Gasteiger partial charge in [0, 0.05) is 19.8 Å².